The molecule has 0 saturated heterocycles. The van der Waals surface area contributed by atoms with Crippen molar-refractivity contribution >= 4 is 0 Å². The van der Waals surface area contributed by atoms with Gasteiger partial charge in [0.05, 0.1) is 12.9 Å². The Bertz CT molecular complexity index is 382. The van der Waals surface area contributed by atoms with E-state index < -0.39 is 0 Å². The molecule has 98 valence electrons. The molecule has 0 atom stereocenters. The smallest absolute Gasteiger partial charge is 0.0885 e. The van der Waals surface area contributed by atoms with E-state index >= 15 is 0 Å². The minimum atomic E-state index is 0.693. The van der Waals surface area contributed by atoms with Gasteiger partial charge in [-0.2, -0.15) is 0 Å². The van der Waals surface area contributed by atoms with Gasteiger partial charge in [-0.15, -0.1) is 0 Å². The van der Waals surface area contributed by atoms with E-state index in [9.17, 15) is 0 Å². The summed E-state index contributed by atoms with van der Waals surface area (Å²) >= 11 is 0. The molecule has 0 amide bonds. The zero-order valence-electron chi connectivity index (χ0n) is 11.2. The molecule has 1 saturated carbocycles. The molecule has 0 heterocycles. The van der Waals surface area contributed by atoms with Crippen LogP contribution in [0.3, 0.4) is 0 Å². The van der Waals surface area contributed by atoms with Gasteiger partial charge in [-0.1, -0.05) is 30.8 Å². The summed E-state index contributed by atoms with van der Waals surface area (Å²) in [4.78, 5) is 0. The molecule has 2 rings (SSSR count). The lowest BCUT2D eigenvalue weighted by molar-refractivity contribution is 0.232. The van der Waals surface area contributed by atoms with Gasteiger partial charge in [-0.3, -0.25) is 0 Å². The van der Waals surface area contributed by atoms with Crippen LogP contribution in [0, 0.1) is 6.92 Å². The first kappa shape index (κ1) is 13.2. The van der Waals surface area contributed by atoms with Crippen LogP contribution in [0.4, 0.5) is 0 Å². The van der Waals surface area contributed by atoms with Gasteiger partial charge in [0.25, 0.3) is 0 Å². The number of benzene rings is 1. The van der Waals surface area contributed by atoms with Crippen LogP contribution in [0.25, 0.3) is 0 Å². The number of rotatable bonds is 7. The summed E-state index contributed by atoms with van der Waals surface area (Å²) < 4.78 is 5.10. The standard InChI is InChI=1S/C16H23NO/c1-3-18-10-6-9-17-15-11-14(12-15)16-8-5-4-7-13(16)2/h3-5,7-8,14-15,17H,1,6,9-12H2,2H3. The average Bonchev–Trinajstić information content (AvgIpc) is 2.33. The monoisotopic (exact) mass is 245 g/mol. The lowest BCUT2D eigenvalue weighted by atomic mass is 9.74. The molecule has 1 aliphatic rings. The Morgan fingerprint density at radius 2 is 2.17 bits per heavy atom. The van der Waals surface area contributed by atoms with E-state index in [4.69, 9.17) is 4.74 Å². The quantitative estimate of drug-likeness (QED) is 0.587. The van der Waals surface area contributed by atoms with Gasteiger partial charge in [-0.05, 0) is 49.8 Å². The Kier molecular flexibility index (Phi) is 4.82. The van der Waals surface area contributed by atoms with E-state index in [1.54, 1.807) is 0 Å². The maximum atomic E-state index is 5.10. The molecule has 2 heteroatoms. The topological polar surface area (TPSA) is 21.3 Å². The van der Waals surface area contributed by atoms with E-state index in [-0.39, 0.29) is 0 Å². The molecule has 1 aromatic rings. The number of ether oxygens (including phenoxy) is 1. The van der Waals surface area contributed by atoms with Gasteiger partial charge < -0.3 is 10.1 Å². The lowest BCUT2D eigenvalue weighted by Crippen LogP contribution is -2.40. The Hall–Kier alpha value is -1.28. The number of hydrogen-bond donors (Lipinski definition) is 1. The van der Waals surface area contributed by atoms with Crippen LogP contribution < -0.4 is 5.32 Å². The van der Waals surface area contributed by atoms with Crippen LogP contribution in [0.15, 0.2) is 37.1 Å². The van der Waals surface area contributed by atoms with Crippen LogP contribution in [-0.2, 0) is 4.74 Å². The predicted molar refractivity (Wildman–Crippen MR) is 75.7 cm³/mol. The zero-order valence-corrected chi connectivity index (χ0v) is 11.2. The van der Waals surface area contributed by atoms with Gasteiger partial charge in [0, 0.05) is 6.04 Å². The predicted octanol–water partition coefficient (Wildman–Crippen LogP) is 3.38. The van der Waals surface area contributed by atoms with Crippen molar-refractivity contribution in [3.63, 3.8) is 0 Å². The van der Waals surface area contributed by atoms with Crippen LogP contribution in [-0.4, -0.2) is 19.2 Å². The second-order valence-corrected chi connectivity index (χ2v) is 5.07. The van der Waals surface area contributed by atoms with Gasteiger partial charge in [0.15, 0.2) is 0 Å². The molecule has 1 fully saturated rings. The highest BCUT2D eigenvalue weighted by Gasteiger charge is 2.30. The lowest BCUT2D eigenvalue weighted by Gasteiger charge is -2.37. The molecular formula is C16H23NO. The summed E-state index contributed by atoms with van der Waals surface area (Å²) in [7, 11) is 0. The van der Waals surface area contributed by atoms with E-state index in [2.05, 4.69) is 43.1 Å². The third kappa shape index (κ3) is 3.36. The zero-order chi connectivity index (χ0) is 12.8. The van der Waals surface area contributed by atoms with Crippen molar-refractivity contribution < 1.29 is 4.74 Å². The average molecular weight is 245 g/mol. The van der Waals surface area contributed by atoms with E-state index in [0.717, 1.165) is 25.5 Å². The Morgan fingerprint density at radius 3 is 2.89 bits per heavy atom. The highest BCUT2D eigenvalue weighted by Crippen LogP contribution is 2.38. The summed E-state index contributed by atoms with van der Waals surface area (Å²) in [5.41, 5.74) is 2.96. The Labute approximate surface area is 110 Å². The van der Waals surface area contributed by atoms with Crippen LogP contribution in [0.1, 0.15) is 36.3 Å². The fraction of sp³-hybridized carbons (Fsp3) is 0.500. The highest BCUT2D eigenvalue weighted by atomic mass is 16.5. The molecule has 0 bridgehead atoms. The maximum absolute atomic E-state index is 5.10. The number of nitrogens with one attached hydrogen (secondary N) is 1. The summed E-state index contributed by atoms with van der Waals surface area (Å²) in [5.74, 6) is 0.758. The second-order valence-electron chi connectivity index (χ2n) is 5.07. The minimum absolute atomic E-state index is 0.693. The van der Waals surface area contributed by atoms with Crippen LogP contribution >= 0.6 is 0 Å². The molecular weight excluding hydrogens is 222 g/mol. The normalized spacial score (nSPS) is 22.3. The van der Waals surface area contributed by atoms with Crippen molar-refractivity contribution in [3.05, 3.63) is 48.2 Å². The minimum Gasteiger partial charge on any atom is -0.502 e. The molecule has 1 aromatic carbocycles. The first-order valence-electron chi connectivity index (χ1n) is 6.82. The summed E-state index contributed by atoms with van der Waals surface area (Å²) in [5, 5.41) is 3.58. The van der Waals surface area contributed by atoms with Crippen molar-refractivity contribution in [2.45, 2.75) is 38.1 Å². The fourth-order valence-corrected chi connectivity index (χ4v) is 2.63. The van der Waals surface area contributed by atoms with E-state index in [0.29, 0.717) is 6.04 Å². The van der Waals surface area contributed by atoms with Gasteiger partial charge in [-0.25, -0.2) is 0 Å². The molecule has 0 spiro atoms. The number of hydrogen-bond acceptors (Lipinski definition) is 2. The van der Waals surface area contributed by atoms with Crippen LogP contribution in [0.2, 0.25) is 0 Å². The summed E-state index contributed by atoms with van der Waals surface area (Å²) in [6.45, 7) is 7.55. The van der Waals surface area contributed by atoms with Crippen molar-refractivity contribution in [2.75, 3.05) is 13.2 Å². The first-order chi connectivity index (χ1) is 8.81. The summed E-state index contributed by atoms with van der Waals surface area (Å²) in [6.07, 6.45) is 5.11. The Balaban J connectivity index is 1.65. The van der Waals surface area contributed by atoms with Gasteiger partial charge >= 0.3 is 0 Å². The first-order valence-corrected chi connectivity index (χ1v) is 6.82. The van der Waals surface area contributed by atoms with Gasteiger partial charge in [0.2, 0.25) is 0 Å². The highest BCUT2D eigenvalue weighted by molar-refractivity contribution is 5.31. The molecule has 2 nitrogen and oxygen atoms in total. The molecule has 0 radical (unpaired) electrons. The number of aryl methyl sites for hydroxylation is 1. The van der Waals surface area contributed by atoms with E-state index in [1.165, 1.54) is 30.2 Å². The summed E-state index contributed by atoms with van der Waals surface area (Å²) in [6, 6.07) is 9.44. The van der Waals surface area contributed by atoms with Crippen molar-refractivity contribution in [1.29, 1.82) is 0 Å². The fourth-order valence-electron chi connectivity index (χ4n) is 2.63. The van der Waals surface area contributed by atoms with Gasteiger partial charge in [0.1, 0.15) is 0 Å². The third-order valence-corrected chi connectivity index (χ3v) is 3.76. The largest absolute Gasteiger partial charge is 0.502 e. The molecule has 0 unspecified atom stereocenters. The van der Waals surface area contributed by atoms with Crippen molar-refractivity contribution in [1.82, 2.24) is 5.32 Å². The maximum Gasteiger partial charge on any atom is 0.0885 e. The molecule has 0 aliphatic heterocycles. The molecule has 18 heavy (non-hydrogen) atoms. The van der Waals surface area contributed by atoms with Crippen molar-refractivity contribution in [3.8, 4) is 0 Å². The van der Waals surface area contributed by atoms with Crippen LogP contribution in [0.5, 0.6) is 0 Å². The molecule has 1 aliphatic carbocycles. The SMILES string of the molecule is C=COCCCNC1CC(c2ccccc2C)C1. The second kappa shape index (κ2) is 6.60. The third-order valence-electron chi connectivity index (χ3n) is 3.76. The molecule has 1 N–H and O–H groups in total. The van der Waals surface area contributed by atoms with E-state index in [1.807, 2.05) is 0 Å². The Morgan fingerprint density at radius 1 is 1.39 bits per heavy atom. The van der Waals surface area contributed by atoms with Crippen molar-refractivity contribution in [2.24, 2.45) is 0 Å². The molecule has 0 aromatic heterocycles.